The number of rotatable bonds is 4. The van der Waals surface area contributed by atoms with Crippen molar-refractivity contribution in [3.63, 3.8) is 0 Å². The van der Waals surface area contributed by atoms with Gasteiger partial charge in [-0.05, 0) is 54.5 Å². The minimum atomic E-state index is -3.67. The molecule has 2 aromatic rings. The maximum atomic E-state index is 13.7. The number of fused-ring (bicyclic) bond motifs is 1. The molecule has 0 bridgehead atoms. The van der Waals surface area contributed by atoms with Crippen LogP contribution in [-0.4, -0.2) is 37.0 Å². The number of halogens is 1. The number of carbonyl (C=O) groups is 1. The summed E-state index contributed by atoms with van der Waals surface area (Å²) >= 11 is 2.79. The van der Waals surface area contributed by atoms with Gasteiger partial charge in [0.1, 0.15) is 16.1 Å². The van der Waals surface area contributed by atoms with Crippen LogP contribution in [0.5, 0.6) is 0 Å². The fourth-order valence-electron chi connectivity index (χ4n) is 3.60. The summed E-state index contributed by atoms with van der Waals surface area (Å²) < 4.78 is 40.9. The van der Waals surface area contributed by atoms with E-state index >= 15 is 0 Å². The lowest BCUT2D eigenvalue weighted by atomic mass is 10.0. The van der Waals surface area contributed by atoms with Crippen LogP contribution in [0.3, 0.4) is 0 Å². The zero-order chi connectivity index (χ0) is 19.0. The van der Waals surface area contributed by atoms with Crippen molar-refractivity contribution in [1.29, 1.82) is 0 Å². The average Bonchev–Trinajstić information content (AvgIpc) is 3.34. The van der Waals surface area contributed by atoms with E-state index < -0.39 is 16.1 Å². The molecule has 1 amide bonds. The molecule has 1 N–H and O–H groups in total. The monoisotopic (exact) mass is 426 g/mol. The SMILES string of the molecule is O=C(NC1CCSc2ccc(F)cc21)C1CCCN1S(=O)(=O)c1cccs1. The molecule has 0 aliphatic carbocycles. The van der Waals surface area contributed by atoms with Crippen molar-refractivity contribution in [2.45, 2.75) is 40.5 Å². The van der Waals surface area contributed by atoms with E-state index in [-0.39, 0.29) is 22.0 Å². The number of sulfonamides is 1. The highest BCUT2D eigenvalue weighted by atomic mass is 32.2. The number of thiophene rings is 1. The summed E-state index contributed by atoms with van der Waals surface area (Å²) in [4.78, 5) is 13.9. The Morgan fingerprint density at radius 3 is 2.89 bits per heavy atom. The second kappa shape index (κ2) is 7.54. The van der Waals surface area contributed by atoms with Gasteiger partial charge in [0.2, 0.25) is 5.91 Å². The third-order valence-electron chi connectivity index (χ3n) is 4.89. The lowest BCUT2D eigenvalue weighted by molar-refractivity contribution is -0.125. The number of nitrogens with one attached hydrogen (secondary N) is 1. The molecule has 1 aromatic carbocycles. The first-order valence-corrected chi connectivity index (χ1v) is 12.1. The maximum absolute atomic E-state index is 13.7. The van der Waals surface area contributed by atoms with Crippen LogP contribution in [-0.2, 0) is 14.8 Å². The molecule has 2 aliphatic rings. The number of benzene rings is 1. The highest BCUT2D eigenvalue weighted by Gasteiger charge is 2.40. The van der Waals surface area contributed by atoms with Crippen molar-refractivity contribution in [2.24, 2.45) is 0 Å². The molecule has 0 spiro atoms. The molecule has 9 heteroatoms. The molecular weight excluding hydrogens is 407 g/mol. The Hall–Kier alpha value is -1.42. The van der Waals surface area contributed by atoms with E-state index in [0.717, 1.165) is 27.5 Å². The van der Waals surface area contributed by atoms with Gasteiger partial charge in [-0.3, -0.25) is 4.79 Å². The van der Waals surface area contributed by atoms with Gasteiger partial charge in [-0.25, -0.2) is 12.8 Å². The van der Waals surface area contributed by atoms with Crippen LogP contribution >= 0.6 is 23.1 Å². The molecule has 0 radical (unpaired) electrons. The molecule has 1 saturated heterocycles. The summed E-state index contributed by atoms with van der Waals surface area (Å²) in [6.45, 7) is 0.337. The molecule has 27 heavy (non-hydrogen) atoms. The van der Waals surface area contributed by atoms with Gasteiger partial charge in [-0.2, -0.15) is 4.31 Å². The fourth-order valence-corrected chi connectivity index (χ4v) is 7.48. The maximum Gasteiger partial charge on any atom is 0.253 e. The lowest BCUT2D eigenvalue weighted by Gasteiger charge is -2.29. The summed E-state index contributed by atoms with van der Waals surface area (Å²) in [7, 11) is -3.67. The molecule has 2 aliphatic heterocycles. The first-order chi connectivity index (χ1) is 13.0. The highest BCUT2D eigenvalue weighted by molar-refractivity contribution is 7.99. The lowest BCUT2D eigenvalue weighted by Crippen LogP contribution is -2.47. The van der Waals surface area contributed by atoms with E-state index in [2.05, 4.69) is 5.32 Å². The largest absolute Gasteiger partial charge is 0.348 e. The van der Waals surface area contributed by atoms with Crippen LogP contribution in [0, 0.1) is 5.82 Å². The average molecular weight is 427 g/mol. The molecule has 5 nitrogen and oxygen atoms in total. The predicted molar refractivity (Wildman–Crippen MR) is 104 cm³/mol. The normalized spacial score (nSPS) is 23.1. The summed E-state index contributed by atoms with van der Waals surface area (Å²) in [5, 5.41) is 4.68. The van der Waals surface area contributed by atoms with Crippen LogP contribution in [0.2, 0.25) is 0 Å². The molecular formula is C18H19FN2O3S3. The van der Waals surface area contributed by atoms with Gasteiger partial charge in [0, 0.05) is 17.2 Å². The van der Waals surface area contributed by atoms with Crippen LogP contribution < -0.4 is 5.32 Å². The second-order valence-electron chi connectivity index (χ2n) is 6.59. The summed E-state index contributed by atoms with van der Waals surface area (Å²) in [5.74, 6) is 0.184. The highest BCUT2D eigenvalue weighted by Crippen LogP contribution is 2.37. The van der Waals surface area contributed by atoms with Gasteiger partial charge in [-0.15, -0.1) is 23.1 Å². The van der Waals surface area contributed by atoms with Crippen molar-refractivity contribution >= 4 is 39.0 Å². The minimum absolute atomic E-state index is 0.253. The third-order valence-corrected chi connectivity index (χ3v) is 9.30. The molecule has 1 aromatic heterocycles. The van der Waals surface area contributed by atoms with Crippen molar-refractivity contribution in [3.05, 3.63) is 47.1 Å². The standard InChI is InChI=1S/C18H19FN2O3S3/c19-12-5-6-16-13(11-12)14(7-10-25-16)20-18(22)15-3-1-8-21(15)27(23,24)17-4-2-9-26-17/h2,4-6,9,11,14-15H,1,3,7-8,10H2,(H,20,22). The smallest absolute Gasteiger partial charge is 0.253 e. The number of hydrogen-bond donors (Lipinski definition) is 1. The molecule has 3 heterocycles. The quantitative estimate of drug-likeness (QED) is 0.814. The zero-order valence-corrected chi connectivity index (χ0v) is 16.9. The Labute approximate surface area is 166 Å². The molecule has 4 rings (SSSR count). The zero-order valence-electron chi connectivity index (χ0n) is 14.4. The Morgan fingerprint density at radius 2 is 2.11 bits per heavy atom. The van der Waals surface area contributed by atoms with E-state index in [9.17, 15) is 17.6 Å². The van der Waals surface area contributed by atoms with Gasteiger partial charge in [0.25, 0.3) is 10.0 Å². The summed E-state index contributed by atoms with van der Waals surface area (Å²) in [6, 6.07) is 6.85. The first-order valence-electron chi connectivity index (χ1n) is 8.75. The van der Waals surface area contributed by atoms with E-state index in [1.807, 2.05) is 0 Å². The van der Waals surface area contributed by atoms with E-state index in [1.54, 1.807) is 35.3 Å². The van der Waals surface area contributed by atoms with Gasteiger partial charge < -0.3 is 5.32 Å². The number of carbonyl (C=O) groups excluding carboxylic acids is 1. The Bertz CT molecular complexity index is 947. The molecule has 144 valence electrons. The summed E-state index contributed by atoms with van der Waals surface area (Å²) in [6.07, 6.45) is 1.83. The van der Waals surface area contributed by atoms with Crippen molar-refractivity contribution in [2.75, 3.05) is 12.3 Å². The number of amides is 1. The van der Waals surface area contributed by atoms with E-state index in [1.165, 1.54) is 16.4 Å². The second-order valence-corrected chi connectivity index (χ2v) is 10.8. The van der Waals surface area contributed by atoms with E-state index in [0.29, 0.717) is 25.8 Å². The molecule has 2 unspecified atom stereocenters. The topological polar surface area (TPSA) is 66.5 Å². The summed E-state index contributed by atoms with van der Waals surface area (Å²) in [5.41, 5.74) is 0.769. The van der Waals surface area contributed by atoms with Crippen molar-refractivity contribution in [3.8, 4) is 0 Å². The van der Waals surface area contributed by atoms with Crippen molar-refractivity contribution < 1.29 is 17.6 Å². The van der Waals surface area contributed by atoms with E-state index in [4.69, 9.17) is 0 Å². The van der Waals surface area contributed by atoms with Gasteiger partial charge >= 0.3 is 0 Å². The van der Waals surface area contributed by atoms with Gasteiger partial charge in [-0.1, -0.05) is 6.07 Å². The molecule has 2 atom stereocenters. The Morgan fingerprint density at radius 1 is 1.26 bits per heavy atom. The third kappa shape index (κ3) is 3.65. The number of hydrogen-bond acceptors (Lipinski definition) is 5. The predicted octanol–water partition coefficient (Wildman–Crippen LogP) is 3.39. The van der Waals surface area contributed by atoms with Gasteiger partial charge in [0.15, 0.2) is 0 Å². The van der Waals surface area contributed by atoms with Crippen LogP contribution in [0.1, 0.15) is 30.9 Å². The number of nitrogens with zero attached hydrogens (tertiary/aromatic N) is 1. The molecule has 1 fully saturated rings. The van der Waals surface area contributed by atoms with Crippen LogP contribution in [0.15, 0.2) is 44.8 Å². The first kappa shape index (κ1) is 18.9. The van der Waals surface area contributed by atoms with Crippen LogP contribution in [0.25, 0.3) is 0 Å². The number of thioether (sulfide) groups is 1. The van der Waals surface area contributed by atoms with Crippen molar-refractivity contribution in [1.82, 2.24) is 9.62 Å². The fraction of sp³-hybridized carbons (Fsp3) is 0.389. The Balaban J connectivity index is 1.55. The Kier molecular flexibility index (Phi) is 5.28. The molecule has 0 saturated carbocycles. The minimum Gasteiger partial charge on any atom is -0.348 e. The van der Waals surface area contributed by atoms with Crippen LogP contribution in [0.4, 0.5) is 4.39 Å². The van der Waals surface area contributed by atoms with Gasteiger partial charge in [0.05, 0.1) is 6.04 Å².